The van der Waals surface area contributed by atoms with Crippen molar-refractivity contribution in [2.75, 3.05) is 0 Å². The van der Waals surface area contributed by atoms with Crippen molar-refractivity contribution in [3.63, 3.8) is 0 Å². The summed E-state index contributed by atoms with van der Waals surface area (Å²) in [4.78, 5) is 16.0. The molecular weight excluding hydrogens is 214 g/mol. The lowest BCUT2D eigenvalue weighted by Crippen LogP contribution is -2.28. The molecule has 0 aromatic carbocycles. The van der Waals surface area contributed by atoms with Crippen molar-refractivity contribution in [3.05, 3.63) is 18.3 Å². The lowest BCUT2D eigenvalue weighted by molar-refractivity contribution is 0.488. The number of hydrogen-bond acceptors (Lipinski definition) is 4. The number of nitrogens with one attached hydrogen (secondary N) is 1. The number of nitrogens with two attached hydrogens (primary N) is 1. The summed E-state index contributed by atoms with van der Waals surface area (Å²) in [6, 6.07) is 0.214. The summed E-state index contributed by atoms with van der Waals surface area (Å²) in [6.07, 6.45) is 9.26. The highest BCUT2D eigenvalue weighted by Gasteiger charge is 2.24. The van der Waals surface area contributed by atoms with Crippen molar-refractivity contribution in [2.45, 2.75) is 44.1 Å². The minimum atomic E-state index is 0.214. The number of imidazole rings is 1. The van der Waals surface area contributed by atoms with Gasteiger partial charge in [-0.25, -0.2) is 15.0 Å². The Morgan fingerprint density at radius 3 is 3.00 bits per heavy atom. The van der Waals surface area contributed by atoms with Gasteiger partial charge in [-0.3, -0.25) is 0 Å². The van der Waals surface area contributed by atoms with Crippen LogP contribution in [0.3, 0.4) is 0 Å². The van der Waals surface area contributed by atoms with Gasteiger partial charge in [0.2, 0.25) is 0 Å². The Kier molecular flexibility index (Phi) is 2.76. The summed E-state index contributed by atoms with van der Waals surface area (Å²) in [7, 11) is 0. The molecule has 17 heavy (non-hydrogen) atoms. The maximum Gasteiger partial charge on any atom is 0.180 e. The van der Waals surface area contributed by atoms with E-state index in [1.165, 1.54) is 25.6 Å². The highest BCUT2D eigenvalue weighted by atomic mass is 15.0. The molecule has 3 rings (SSSR count). The molecule has 1 fully saturated rings. The van der Waals surface area contributed by atoms with Gasteiger partial charge >= 0.3 is 0 Å². The molecule has 1 aliphatic rings. The summed E-state index contributed by atoms with van der Waals surface area (Å²) in [5, 5.41) is 0. The Morgan fingerprint density at radius 1 is 1.24 bits per heavy atom. The fourth-order valence-corrected chi connectivity index (χ4v) is 2.63. The number of rotatable bonds is 1. The monoisotopic (exact) mass is 231 g/mol. The van der Waals surface area contributed by atoms with E-state index in [1.807, 2.05) is 0 Å². The zero-order valence-electron chi connectivity index (χ0n) is 9.76. The number of H-pyrrole nitrogens is 1. The zero-order chi connectivity index (χ0) is 11.7. The minimum Gasteiger partial charge on any atom is -0.339 e. The number of nitrogens with zero attached hydrogens (tertiary/aromatic N) is 3. The Labute approximate surface area is 99.9 Å². The first-order valence-corrected chi connectivity index (χ1v) is 6.26. The molecule has 2 atom stereocenters. The second kappa shape index (κ2) is 4.41. The lowest BCUT2D eigenvalue weighted by atomic mass is 9.95. The van der Waals surface area contributed by atoms with E-state index in [4.69, 9.17) is 5.73 Å². The van der Waals surface area contributed by atoms with E-state index in [1.54, 1.807) is 6.20 Å². The molecule has 0 bridgehead atoms. The summed E-state index contributed by atoms with van der Waals surface area (Å²) >= 11 is 0. The van der Waals surface area contributed by atoms with Crippen molar-refractivity contribution in [1.82, 2.24) is 19.9 Å². The summed E-state index contributed by atoms with van der Waals surface area (Å²) < 4.78 is 0. The van der Waals surface area contributed by atoms with E-state index in [2.05, 4.69) is 19.9 Å². The van der Waals surface area contributed by atoms with Gasteiger partial charge in [-0.05, 0) is 12.8 Å². The topological polar surface area (TPSA) is 80.5 Å². The molecule has 0 radical (unpaired) electrons. The van der Waals surface area contributed by atoms with E-state index in [0.29, 0.717) is 5.92 Å². The van der Waals surface area contributed by atoms with Gasteiger partial charge in [-0.15, -0.1) is 0 Å². The maximum absolute atomic E-state index is 6.24. The van der Waals surface area contributed by atoms with E-state index < -0.39 is 0 Å². The van der Waals surface area contributed by atoms with Crippen LogP contribution in [0.5, 0.6) is 0 Å². The minimum absolute atomic E-state index is 0.214. The predicted molar refractivity (Wildman–Crippen MR) is 65.5 cm³/mol. The molecule has 90 valence electrons. The van der Waals surface area contributed by atoms with Gasteiger partial charge < -0.3 is 10.7 Å². The quantitative estimate of drug-likeness (QED) is 0.732. The van der Waals surface area contributed by atoms with Gasteiger partial charge in [0.15, 0.2) is 5.65 Å². The van der Waals surface area contributed by atoms with Crippen LogP contribution in [-0.2, 0) is 0 Å². The summed E-state index contributed by atoms with van der Waals surface area (Å²) in [6.45, 7) is 0. The van der Waals surface area contributed by atoms with Gasteiger partial charge in [0.05, 0.1) is 6.20 Å². The van der Waals surface area contributed by atoms with Gasteiger partial charge in [0.1, 0.15) is 17.7 Å². The highest BCUT2D eigenvalue weighted by molar-refractivity contribution is 5.68. The van der Waals surface area contributed by atoms with Crippen molar-refractivity contribution in [3.8, 4) is 0 Å². The average molecular weight is 231 g/mol. The van der Waals surface area contributed by atoms with Gasteiger partial charge in [-0.1, -0.05) is 19.3 Å². The van der Waals surface area contributed by atoms with Gasteiger partial charge in [0, 0.05) is 12.0 Å². The SMILES string of the molecule is NC1CCCCCC1c1nc2ncncc2[nH]1. The summed E-state index contributed by atoms with van der Waals surface area (Å²) in [5.74, 6) is 1.32. The third-order valence-corrected chi connectivity index (χ3v) is 3.60. The molecule has 1 saturated carbocycles. The third kappa shape index (κ3) is 2.02. The molecule has 2 heterocycles. The number of aromatic nitrogens is 4. The van der Waals surface area contributed by atoms with Crippen molar-refractivity contribution >= 4 is 11.2 Å². The molecule has 3 N–H and O–H groups in total. The van der Waals surface area contributed by atoms with Crippen LogP contribution in [0.4, 0.5) is 0 Å². The second-order valence-corrected chi connectivity index (χ2v) is 4.79. The number of fused-ring (bicyclic) bond motifs is 1. The summed E-state index contributed by atoms with van der Waals surface area (Å²) in [5.41, 5.74) is 7.88. The maximum atomic E-state index is 6.24. The first kappa shape index (κ1) is 10.7. The Balaban J connectivity index is 1.95. The predicted octanol–water partition coefficient (Wildman–Crippen LogP) is 1.73. The number of hydrogen-bond donors (Lipinski definition) is 2. The smallest absolute Gasteiger partial charge is 0.180 e. The molecule has 0 saturated heterocycles. The van der Waals surface area contributed by atoms with E-state index >= 15 is 0 Å². The zero-order valence-corrected chi connectivity index (χ0v) is 9.76. The Bertz CT molecular complexity index is 473. The van der Waals surface area contributed by atoms with E-state index in [9.17, 15) is 0 Å². The number of aromatic amines is 1. The molecule has 2 aromatic rings. The molecule has 0 aliphatic heterocycles. The first-order valence-electron chi connectivity index (χ1n) is 6.26. The Morgan fingerprint density at radius 2 is 2.12 bits per heavy atom. The van der Waals surface area contributed by atoms with Crippen LogP contribution < -0.4 is 5.73 Å². The molecule has 5 nitrogen and oxygen atoms in total. The Hall–Kier alpha value is -1.49. The lowest BCUT2D eigenvalue weighted by Gasteiger charge is -2.18. The molecule has 2 unspecified atom stereocenters. The second-order valence-electron chi connectivity index (χ2n) is 4.79. The average Bonchev–Trinajstić information content (AvgIpc) is 2.65. The van der Waals surface area contributed by atoms with Crippen molar-refractivity contribution in [2.24, 2.45) is 5.73 Å². The van der Waals surface area contributed by atoms with Crippen LogP contribution in [0.25, 0.3) is 11.2 Å². The van der Waals surface area contributed by atoms with Crippen LogP contribution in [0, 0.1) is 0 Å². The molecule has 5 heteroatoms. The van der Waals surface area contributed by atoms with Crippen LogP contribution >= 0.6 is 0 Å². The largest absolute Gasteiger partial charge is 0.339 e. The van der Waals surface area contributed by atoms with E-state index in [0.717, 1.165) is 29.8 Å². The standard InChI is InChI=1S/C12H17N5/c13-9-5-3-1-2-4-8(9)11-16-10-6-14-7-15-12(10)17-11/h6-9H,1-5,13H2,(H,14,15,16,17). The first-order chi connectivity index (χ1) is 8.34. The fraction of sp³-hybridized carbons (Fsp3) is 0.583. The molecule has 1 aliphatic carbocycles. The molecule has 0 spiro atoms. The van der Waals surface area contributed by atoms with Crippen molar-refractivity contribution < 1.29 is 0 Å². The van der Waals surface area contributed by atoms with Crippen LogP contribution in [0.15, 0.2) is 12.5 Å². The van der Waals surface area contributed by atoms with Crippen LogP contribution in [-0.4, -0.2) is 26.0 Å². The molecular formula is C12H17N5. The normalized spacial score (nSPS) is 25.9. The molecule has 0 amide bonds. The van der Waals surface area contributed by atoms with Crippen LogP contribution in [0.2, 0.25) is 0 Å². The van der Waals surface area contributed by atoms with Gasteiger partial charge in [-0.2, -0.15) is 0 Å². The van der Waals surface area contributed by atoms with Crippen molar-refractivity contribution in [1.29, 1.82) is 0 Å². The third-order valence-electron chi connectivity index (χ3n) is 3.60. The van der Waals surface area contributed by atoms with Gasteiger partial charge in [0.25, 0.3) is 0 Å². The van der Waals surface area contributed by atoms with E-state index in [-0.39, 0.29) is 6.04 Å². The van der Waals surface area contributed by atoms with Crippen LogP contribution in [0.1, 0.15) is 43.8 Å². The molecule has 2 aromatic heterocycles. The highest BCUT2D eigenvalue weighted by Crippen LogP contribution is 2.29. The fourth-order valence-electron chi connectivity index (χ4n) is 2.63.